The molecule has 1 aromatic rings. The number of hydrogen-bond donors (Lipinski definition) is 0. The SMILES string of the molecule is CCOC(=O)C(C)(F)c1cccc(Cl)c1C(F)(F)F. The Morgan fingerprint density at radius 2 is 1.89 bits per heavy atom. The van der Waals surface area contributed by atoms with Gasteiger partial charge in [0.2, 0.25) is 5.67 Å². The first-order valence-electron chi connectivity index (χ1n) is 5.34. The lowest BCUT2D eigenvalue weighted by Crippen LogP contribution is -2.32. The first-order chi connectivity index (χ1) is 8.62. The number of carbonyl (C=O) groups excluding carboxylic acids is 1. The zero-order chi connectivity index (χ0) is 14.8. The fourth-order valence-corrected chi connectivity index (χ4v) is 1.86. The van der Waals surface area contributed by atoms with Crippen LogP contribution in [0.1, 0.15) is 25.0 Å². The van der Waals surface area contributed by atoms with Gasteiger partial charge in [0.1, 0.15) is 0 Å². The monoisotopic (exact) mass is 298 g/mol. The average Bonchev–Trinajstić information content (AvgIpc) is 2.27. The molecule has 1 aromatic carbocycles. The lowest BCUT2D eigenvalue weighted by atomic mass is 9.92. The summed E-state index contributed by atoms with van der Waals surface area (Å²) in [5.41, 5.74) is -5.15. The van der Waals surface area contributed by atoms with E-state index in [4.69, 9.17) is 11.6 Å². The van der Waals surface area contributed by atoms with Gasteiger partial charge in [0.05, 0.1) is 17.2 Å². The molecule has 106 valence electrons. The van der Waals surface area contributed by atoms with E-state index < -0.39 is 34.0 Å². The van der Waals surface area contributed by atoms with Gasteiger partial charge in [-0.15, -0.1) is 0 Å². The summed E-state index contributed by atoms with van der Waals surface area (Å²) in [4.78, 5) is 11.4. The Morgan fingerprint density at radius 1 is 1.32 bits per heavy atom. The Bertz CT molecular complexity index is 483. The van der Waals surface area contributed by atoms with Gasteiger partial charge in [-0.3, -0.25) is 0 Å². The molecule has 0 saturated heterocycles. The van der Waals surface area contributed by atoms with Crippen LogP contribution in [-0.2, 0) is 21.4 Å². The molecule has 0 amide bonds. The normalized spacial score (nSPS) is 14.9. The minimum absolute atomic E-state index is 0.139. The van der Waals surface area contributed by atoms with Crippen molar-refractivity contribution < 1.29 is 27.1 Å². The maximum atomic E-state index is 14.3. The van der Waals surface area contributed by atoms with E-state index in [0.717, 1.165) is 18.2 Å². The number of benzene rings is 1. The minimum atomic E-state index is -4.87. The van der Waals surface area contributed by atoms with E-state index in [1.165, 1.54) is 6.92 Å². The molecular weight excluding hydrogens is 288 g/mol. The maximum absolute atomic E-state index is 14.3. The number of carbonyl (C=O) groups is 1. The lowest BCUT2D eigenvalue weighted by molar-refractivity contribution is -0.158. The smallest absolute Gasteiger partial charge is 0.418 e. The van der Waals surface area contributed by atoms with Gasteiger partial charge >= 0.3 is 12.1 Å². The van der Waals surface area contributed by atoms with Crippen LogP contribution in [0, 0.1) is 0 Å². The Labute approximate surface area is 112 Å². The highest BCUT2D eigenvalue weighted by Gasteiger charge is 2.46. The summed E-state index contributed by atoms with van der Waals surface area (Å²) in [7, 11) is 0. The van der Waals surface area contributed by atoms with Crippen LogP contribution >= 0.6 is 11.6 Å². The topological polar surface area (TPSA) is 26.3 Å². The summed E-state index contributed by atoms with van der Waals surface area (Å²) < 4.78 is 57.4. The molecule has 0 radical (unpaired) electrons. The molecule has 0 saturated carbocycles. The second kappa shape index (κ2) is 5.36. The molecular formula is C12H11ClF4O2. The van der Waals surface area contributed by atoms with E-state index in [1.807, 2.05) is 0 Å². The number of halogens is 5. The van der Waals surface area contributed by atoms with Crippen molar-refractivity contribution in [2.24, 2.45) is 0 Å². The van der Waals surface area contributed by atoms with Gasteiger partial charge < -0.3 is 4.74 Å². The highest BCUT2D eigenvalue weighted by molar-refractivity contribution is 6.31. The van der Waals surface area contributed by atoms with Crippen molar-refractivity contribution in [1.82, 2.24) is 0 Å². The van der Waals surface area contributed by atoms with E-state index in [0.29, 0.717) is 6.92 Å². The second-order valence-corrected chi connectivity index (χ2v) is 4.29. The molecule has 1 atom stereocenters. The van der Waals surface area contributed by atoms with Crippen LogP contribution in [0.3, 0.4) is 0 Å². The van der Waals surface area contributed by atoms with E-state index in [9.17, 15) is 22.4 Å². The third-order valence-corrected chi connectivity index (χ3v) is 2.78. The first-order valence-corrected chi connectivity index (χ1v) is 5.72. The van der Waals surface area contributed by atoms with Gasteiger partial charge in [0.25, 0.3) is 0 Å². The largest absolute Gasteiger partial charge is 0.463 e. The Kier molecular flexibility index (Phi) is 4.45. The molecule has 7 heteroatoms. The Morgan fingerprint density at radius 3 is 2.37 bits per heavy atom. The number of hydrogen-bond acceptors (Lipinski definition) is 2. The number of alkyl halides is 4. The molecule has 0 aliphatic rings. The Hall–Kier alpha value is -1.30. The summed E-state index contributed by atoms with van der Waals surface area (Å²) in [6.45, 7) is 2.00. The predicted molar refractivity (Wildman–Crippen MR) is 61.5 cm³/mol. The van der Waals surface area contributed by atoms with Crippen LogP contribution in [-0.4, -0.2) is 12.6 Å². The standard InChI is InChI=1S/C12H11ClF4O2/c1-3-19-10(18)11(2,14)7-5-4-6-8(13)9(7)12(15,16)17/h4-6H,3H2,1-2H3. The average molecular weight is 299 g/mol. The van der Waals surface area contributed by atoms with Crippen molar-refractivity contribution in [2.45, 2.75) is 25.7 Å². The fourth-order valence-electron chi connectivity index (χ4n) is 1.58. The summed E-state index contributed by atoms with van der Waals surface area (Å²) in [5, 5.41) is -0.668. The van der Waals surface area contributed by atoms with Crippen molar-refractivity contribution >= 4 is 17.6 Å². The van der Waals surface area contributed by atoms with E-state index in [1.54, 1.807) is 0 Å². The van der Waals surface area contributed by atoms with E-state index in [-0.39, 0.29) is 6.61 Å². The minimum Gasteiger partial charge on any atom is -0.463 e. The highest BCUT2D eigenvalue weighted by atomic mass is 35.5. The van der Waals surface area contributed by atoms with Gasteiger partial charge in [-0.05, 0) is 19.9 Å². The van der Waals surface area contributed by atoms with Crippen LogP contribution in [0.25, 0.3) is 0 Å². The molecule has 1 unspecified atom stereocenters. The summed E-state index contributed by atoms with van der Waals surface area (Å²) >= 11 is 5.46. The van der Waals surface area contributed by atoms with Crippen LogP contribution in [0.2, 0.25) is 5.02 Å². The molecule has 0 spiro atoms. The first kappa shape index (κ1) is 15.8. The van der Waals surface area contributed by atoms with Gasteiger partial charge in [-0.1, -0.05) is 23.7 Å². The molecule has 2 nitrogen and oxygen atoms in total. The van der Waals surface area contributed by atoms with Crippen molar-refractivity contribution in [3.63, 3.8) is 0 Å². The highest BCUT2D eigenvalue weighted by Crippen LogP contribution is 2.42. The molecule has 19 heavy (non-hydrogen) atoms. The van der Waals surface area contributed by atoms with E-state index in [2.05, 4.69) is 4.74 Å². The van der Waals surface area contributed by atoms with E-state index >= 15 is 0 Å². The molecule has 0 N–H and O–H groups in total. The van der Waals surface area contributed by atoms with Gasteiger partial charge in [0.15, 0.2) is 0 Å². The summed E-state index contributed by atoms with van der Waals surface area (Å²) in [6.07, 6.45) is -4.87. The zero-order valence-corrected chi connectivity index (χ0v) is 10.9. The molecule has 0 heterocycles. The predicted octanol–water partition coefficient (Wildman–Crippen LogP) is 4.11. The van der Waals surface area contributed by atoms with Crippen LogP contribution in [0.5, 0.6) is 0 Å². The molecule has 0 aromatic heterocycles. The molecule has 0 aliphatic heterocycles. The summed E-state index contributed by atoms with van der Waals surface area (Å²) in [6, 6.07) is 2.99. The van der Waals surface area contributed by atoms with Crippen LogP contribution in [0.15, 0.2) is 18.2 Å². The number of ether oxygens (including phenoxy) is 1. The van der Waals surface area contributed by atoms with Crippen molar-refractivity contribution in [1.29, 1.82) is 0 Å². The van der Waals surface area contributed by atoms with Crippen molar-refractivity contribution in [3.8, 4) is 0 Å². The molecule has 0 bridgehead atoms. The zero-order valence-electron chi connectivity index (χ0n) is 10.1. The molecule has 0 fully saturated rings. The molecule has 0 aliphatic carbocycles. The fraction of sp³-hybridized carbons (Fsp3) is 0.417. The van der Waals surface area contributed by atoms with Crippen LogP contribution in [0.4, 0.5) is 17.6 Å². The maximum Gasteiger partial charge on any atom is 0.418 e. The summed E-state index contributed by atoms with van der Waals surface area (Å²) in [5.74, 6) is -1.39. The molecule has 1 rings (SSSR count). The second-order valence-electron chi connectivity index (χ2n) is 3.88. The van der Waals surface area contributed by atoms with Gasteiger partial charge in [-0.25, -0.2) is 9.18 Å². The third kappa shape index (κ3) is 3.18. The van der Waals surface area contributed by atoms with Crippen molar-refractivity contribution in [2.75, 3.05) is 6.61 Å². The quantitative estimate of drug-likeness (QED) is 0.620. The van der Waals surface area contributed by atoms with Gasteiger partial charge in [-0.2, -0.15) is 13.2 Å². The van der Waals surface area contributed by atoms with Gasteiger partial charge in [0, 0.05) is 5.56 Å². The number of esters is 1. The number of rotatable bonds is 3. The van der Waals surface area contributed by atoms with Crippen molar-refractivity contribution in [3.05, 3.63) is 34.3 Å². The van der Waals surface area contributed by atoms with Crippen LogP contribution < -0.4 is 0 Å². The lowest BCUT2D eigenvalue weighted by Gasteiger charge is -2.23. The Balaban J connectivity index is 3.43. The third-order valence-electron chi connectivity index (χ3n) is 2.46.